The molecule has 0 fully saturated rings. The lowest BCUT2D eigenvalue weighted by Crippen LogP contribution is -2.02. The van der Waals surface area contributed by atoms with Gasteiger partial charge in [0.2, 0.25) is 0 Å². The third-order valence-electron chi connectivity index (χ3n) is 3.47. The molecule has 0 radical (unpaired) electrons. The number of halogens is 2. The van der Waals surface area contributed by atoms with Crippen LogP contribution in [0, 0.1) is 18.6 Å². The van der Waals surface area contributed by atoms with Crippen molar-refractivity contribution in [2.24, 2.45) is 0 Å². The summed E-state index contributed by atoms with van der Waals surface area (Å²) in [4.78, 5) is 19.2. The molecule has 2 aromatic heterocycles. The molecule has 3 aromatic rings. The topological polar surface area (TPSA) is 63.1 Å². The second-order valence-corrected chi connectivity index (χ2v) is 5.19. The fourth-order valence-corrected chi connectivity index (χ4v) is 2.34. The number of aryl methyl sites for hydroxylation is 1. The molecule has 0 saturated heterocycles. The molecule has 120 valence electrons. The summed E-state index contributed by atoms with van der Waals surface area (Å²) in [7, 11) is 0. The summed E-state index contributed by atoms with van der Waals surface area (Å²) in [5.41, 5.74) is 1.09. The number of hydrogen-bond donors (Lipinski definition) is 1. The van der Waals surface area contributed by atoms with Crippen molar-refractivity contribution in [1.82, 2.24) is 9.97 Å². The Hall–Kier alpha value is -3.15. The number of carboxylic acids is 1. The molecule has 0 amide bonds. The van der Waals surface area contributed by atoms with Crippen LogP contribution in [0.5, 0.6) is 0 Å². The average Bonchev–Trinajstić information content (AvgIpc) is 2.55. The van der Waals surface area contributed by atoms with Gasteiger partial charge >= 0.3 is 5.97 Å². The predicted molar refractivity (Wildman–Crippen MR) is 84.5 cm³/mol. The number of hydrogen-bond acceptors (Lipinski definition) is 3. The Morgan fingerprint density at radius 2 is 1.50 bits per heavy atom. The quantitative estimate of drug-likeness (QED) is 0.787. The monoisotopic (exact) mass is 326 g/mol. The predicted octanol–water partition coefficient (Wildman–Crippen LogP) is 4.10. The Kier molecular flexibility index (Phi) is 4.04. The van der Waals surface area contributed by atoms with Gasteiger partial charge in [-0.3, -0.25) is 4.98 Å². The summed E-state index contributed by atoms with van der Waals surface area (Å²) in [5.74, 6) is -2.79. The third kappa shape index (κ3) is 2.99. The first kappa shape index (κ1) is 15.7. The second kappa shape index (κ2) is 6.16. The minimum atomic E-state index is -1.22. The van der Waals surface area contributed by atoms with Gasteiger partial charge in [-0.15, -0.1) is 0 Å². The Bertz CT molecular complexity index is 942. The van der Waals surface area contributed by atoms with E-state index < -0.39 is 17.6 Å². The smallest absolute Gasteiger partial charge is 0.354 e. The number of pyridine rings is 2. The van der Waals surface area contributed by atoms with E-state index in [1.807, 2.05) is 0 Å². The van der Waals surface area contributed by atoms with Crippen LogP contribution in [-0.2, 0) is 0 Å². The molecule has 1 N–H and O–H groups in total. The molecular weight excluding hydrogens is 314 g/mol. The van der Waals surface area contributed by atoms with Crippen LogP contribution in [0.25, 0.3) is 22.5 Å². The number of carbonyl (C=O) groups is 1. The first-order valence-corrected chi connectivity index (χ1v) is 7.09. The van der Waals surface area contributed by atoms with Gasteiger partial charge in [-0.2, -0.15) is 0 Å². The Balaban J connectivity index is 2.18. The van der Waals surface area contributed by atoms with Gasteiger partial charge in [0.15, 0.2) is 0 Å². The molecule has 6 heteroatoms. The van der Waals surface area contributed by atoms with Gasteiger partial charge in [-0.25, -0.2) is 18.6 Å². The van der Waals surface area contributed by atoms with E-state index in [1.165, 1.54) is 24.3 Å². The lowest BCUT2D eigenvalue weighted by atomic mass is 10.0. The van der Waals surface area contributed by atoms with Crippen molar-refractivity contribution in [2.45, 2.75) is 6.92 Å². The largest absolute Gasteiger partial charge is 0.477 e. The maximum atomic E-state index is 14.2. The van der Waals surface area contributed by atoms with Crippen molar-refractivity contribution in [3.63, 3.8) is 0 Å². The van der Waals surface area contributed by atoms with Gasteiger partial charge in [0, 0.05) is 22.9 Å². The molecule has 2 heterocycles. The zero-order valence-corrected chi connectivity index (χ0v) is 12.6. The zero-order chi connectivity index (χ0) is 17.3. The van der Waals surface area contributed by atoms with Crippen molar-refractivity contribution in [2.75, 3.05) is 0 Å². The summed E-state index contributed by atoms with van der Waals surface area (Å²) in [6.45, 7) is 1.77. The van der Waals surface area contributed by atoms with E-state index in [1.54, 1.807) is 25.1 Å². The van der Waals surface area contributed by atoms with Gasteiger partial charge < -0.3 is 5.11 Å². The molecular formula is C18H12F2N2O2. The van der Waals surface area contributed by atoms with Crippen molar-refractivity contribution < 1.29 is 18.7 Å². The number of aromatic nitrogens is 2. The van der Waals surface area contributed by atoms with E-state index in [2.05, 4.69) is 9.97 Å². The number of benzene rings is 1. The molecule has 4 nitrogen and oxygen atoms in total. The van der Waals surface area contributed by atoms with Crippen LogP contribution in [0.4, 0.5) is 8.78 Å². The van der Waals surface area contributed by atoms with Crippen LogP contribution in [0.15, 0.2) is 48.5 Å². The molecule has 0 aliphatic heterocycles. The number of nitrogens with zero attached hydrogens (tertiary/aromatic N) is 2. The van der Waals surface area contributed by atoms with Crippen molar-refractivity contribution >= 4 is 5.97 Å². The van der Waals surface area contributed by atoms with Crippen LogP contribution in [-0.4, -0.2) is 21.0 Å². The molecule has 0 unspecified atom stereocenters. The molecule has 0 saturated carbocycles. The second-order valence-electron chi connectivity index (χ2n) is 5.19. The van der Waals surface area contributed by atoms with E-state index in [0.717, 1.165) is 6.07 Å². The molecule has 1 aromatic carbocycles. The van der Waals surface area contributed by atoms with Crippen LogP contribution in [0.1, 0.15) is 16.2 Å². The van der Waals surface area contributed by atoms with Gasteiger partial charge in [0.1, 0.15) is 17.3 Å². The van der Waals surface area contributed by atoms with E-state index in [0.29, 0.717) is 11.4 Å². The summed E-state index contributed by atoms with van der Waals surface area (Å²) in [6.07, 6.45) is 0. The zero-order valence-electron chi connectivity index (χ0n) is 12.6. The van der Waals surface area contributed by atoms with Crippen molar-refractivity contribution in [3.05, 3.63) is 71.6 Å². The maximum Gasteiger partial charge on any atom is 0.354 e. The van der Waals surface area contributed by atoms with Gasteiger partial charge in [0.25, 0.3) is 0 Å². The fourth-order valence-electron chi connectivity index (χ4n) is 2.34. The van der Waals surface area contributed by atoms with Crippen LogP contribution in [0.2, 0.25) is 0 Å². The highest BCUT2D eigenvalue weighted by Crippen LogP contribution is 2.29. The molecule has 3 rings (SSSR count). The van der Waals surface area contributed by atoms with Crippen molar-refractivity contribution in [3.8, 4) is 22.5 Å². The number of carboxylic acid groups (broad SMARTS) is 1. The van der Waals surface area contributed by atoms with E-state index >= 15 is 0 Å². The molecule has 0 bridgehead atoms. The molecule has 24 heavy (non-hydrogen) atoms. The fraction of sp³-hybridized carbons (Fsp3) is 0.0556. The third-order valence-corrected chi connectivity index (χ3v) is 3.47. The van der Waals surface area contributed by atoms with E-state index in [9.17, 15) is 13.6 Å². The molecule has 0 spiro atoms. The summed E-state index contributed by atoms with van der Waals surface area (Å²) < 4.78 is 28.4. The SMILES string of the molecule is Cc1cccc(-c2cc(-c3cccc(C(=O)O)n3)c(F)cc2F)n1. The summed E-state index contributed by atoms with van der Waals surface area (Å²) in [5, 5.41) is 9.01. The minimum Gasteiger partial charge on any atom is -0.477 e. The Labute approximate surface area is 136 Å². The maximum absolute atomic E-state index is 14.2. The minimum absolute atomic E-state index is 0.0119. The number of aromatic carboxylic acids is 1. The Morgan fingerprint density at radius 3 is 2.08 bits per heavy atom. The van der Waals surface area contributed by atoms with Gasteiger partial charge in [-0.1, -0.05) is 12.1 Å². The van der Waals surface area contributed by atoms with Crippen LogP contribution in [0.3, 0.4) is 0 Å². The highest BCUT2D eigenvalue weighted by molar-refractivity contribution is 5.86. The normalized spacial score (nSPS) is 10.6. The van der Waals surface area contributed by atoms with E-state index in [4.69, 9.17) is 5.11 Å². The standard InChI is InChI=1S/C18H12F2N2O2/c1-10-4-2-5-15(21-10)11-8-12(14(20)9-13(11)19)16-6-3-7-17(22-16)18(23)24/h2-9H,1H3,(H,23,24). The first-order chi connectivity index (χ1) is 11.5. The molecule has 0 atom stereocenters. The molecule has 0 aliphatic carbocycles. The van der Waals surface area contributed by atoms with Crippen LogP contribution >= 0.6 is 0 Å². The average molecular weight is 326 g/mol. The van der Waals surface area contributed by atoms with Crippen molar-refractivity contribution in [1.29, 1.82) is 0 Å². The first-order valence-electron chi connectivity index (χ1n) is 7.09. The van der Waals surface area contributed by atoms with Crippen LogP contribution < -0.4 is 0 Å². The lowest BCUT2D eigenvalue weighted by molar-refractivity contribution is 0.0690. The lowest BCUT2D eigenvalue weighted by Gasteiger charge is -2.09. The van der Waals surface area contributed by atoms with E-state index in [-0.39, 0.29) is 22.5 Å². The highest BCUT2D eigenvalue weighted by Gasteiger charge is 2.16. The summed E-state index contributed by atoms with van der Waals surface area (Å²) >= 11 is 0. The molecule has 0 aliphatic rings. The van der Waals surface area contributed by atoms with Gasteiger partial charge in [0.05, 0.1) is 11.4 Å². The summed E-state index contributed by atoms with van der Waals surface area (Å²) in [6, 6.07) is 11.4. The number of rotatable bonds is 3. The Morgan fingerprint density at radius 1 is 0.917 bits per heavy atom. The highest BCUT2D eigenvalue weighted by atomic mass is 19.1. The van der Waals surface area contributed by atoms with Gasteiger partial charge in [-0.05, 0) is 37.3 Å².